The van der Waals surface area contributed by atoms with Gasteiger partial charge in [0.15, 0.2) is 5.75 Å². The van der Waals surface area contributed by atoms with E-state index in [2.05, 4.69) is 9.88 Å². The lowest BCUT2D eigenvalue weighted by Gasteiger charge is -2.32. The van der Waals surface area contributed by atoms with E-state index in [9.17, 15) is 14.7 Å². The highest BCUT2D eigenvalue weighted by molar-refractivity contribution is 5.97. The minimum atomic E-state index is -1.00. The number of aromatic nitrogens is 2. The fourth-order valence-corrected chi connectivity index (χ4v) is 3.56. The monoisotopic (exact) mass is 394 g/mol. The summed E-state index contributed by atoms with van der Waals surface area (Å²) >= 11 is 0. The number of carbonyl (C=O) groups is 2. The zero-order chi connectivity index (χ0) is 20.5. The minimum Gasteiger partial charge on any atom is -0.477 e. The molecule has 8 heteroatoms. The van der Waals surface area contributed by atoms with Crippen molar-refractivity contribution in [2.75, 3.05) is 33.2 Å². The Hall–Kier alpha value is -3.39. The van der Waals surface area contributed by atoms with Crippen molar-refractivity contribution in [3.63, 3.8) is 0 Å². The first-order valence-corrected chi connectivity index (χ1v) is 9.37. The van der Waals surface area contributed by atoms with Crippen LogP contribution in [0.15, 0.2) is 42.6 Å². The van der Waals surface area contributed by atoms with Crippen LogP contribution in [0.1, 0.15) is 21.0 Å². The maximum atomic E-state index is 12.8. The van der Waals surface area contributed by atoms with Crippen LogP contribution in [0.2, 0.25) is 0 Å². The Morgan fingerprint density at radius 1 is 1.07 bits per heavy atom. The summed E-state index contributed by atoms with van der Waals surface area (Å²) < 4.78 is 7.62. The third-order valence-corrected chi connectivity index (χ3v) is 5.21. The van der Waals surface area contributed by atoms with Gasteiger partial charge in [-0.3, -0.25) is 9.78 Å². The highest BCUT2D eigenvalue weighted by Crippen LogP contribution is 2.32. The van der Waals surface area contributed by atoms with Crippen molar-refractivity contribution < 1.29 is 19.4 Å². The number of fused-ring (bicyclic) bond motifs is 1. The van der Waals surface area contributed by atoms with Gasteiger partial charge in [0.2, 0.25) is 0 Å². The van der Waals surface area contributed by atoms with E-state index in [4.69, 9.17) is 4.74 Å². The van der Waals surface area contributed by atoms with Crippen LogP contribution in [-0.2, 0) is 7.05 Å². The van der Waals surface area contributed by atoms with E-state index in [-0.39, 0.29) is 11.6 Å². The van der Waals surface area contributed by atoms with Crippen molar-refractivity contribution in [3.8, 4) is 11.5 Å². The number of aromatic carboxylic acids is 1. The van der Waals surface area contributed by atoms with Gasteiger partial charge in [-0.25, -0.2) is 4.79 Å². The van der Waals surface area contributed by atoms with Gasteiger partial charge in [-0.1, -0.05) is 12.1 Å². The number of rotatable bonds is 4. The largest absolute Gasteiger partial charge is 0.477 e. The van der Waals surface area contributed by atoms with E-state index in [1.165, 1.54) is 0 Å². The van der Waals surface area contributed by atoms with E-state index in [1.807, 2.05) is 13.1 Å². The number of nitrogens with zero attached hydrogens (tertiary/aromatic N) is 4. The van der Waals surface area contributed by atoms with Crippen LogP contribution in [0.4, 0.5) is 0 Å². The number of benzene rings is 1. The van der Waals surface area contributed by atoms with Crippen LogP contribution < -0.4 is 4.74 Å². The summed E-state index contributed by atoms with van der Waals surface area (Å²) in [7, 11) is 3.72. The predicted octanol–water partition coefficient (Wildman–Crippen LogP) is 2.45. The number of ether oxygens (including phenoxy) is 1. The lowest BCUT2D eigenvalue weighted by molar-refractivity contribution is 0.0655. The first-order chi connectivity index (χ1) is 13.9. The molecule has 1 aromatic carbocycles. The van der Waals surface area contributed by atoms with E-state index in [0.717, 1.165) is 18.5 Å². The van der Waals surface area contributed by atoms with Crippen LogP contribution in [0.5, 0.6) is 11.5 Å². The molecule has 0 unspecified atom stereocenters. The van der Waals surface area contributed by atoms with E-state index in [0.29, 0.717) is 35.8 Å². The van der Waals surface area contributed by atoms with Crippen molar-refractivity contribution in [2.45, 2.75) is 0 Å². The summed E-state index contributed by atoms with van der Waals surface area (Å²) in [6, 6.07) is 10.3. The highest BCUT2D eigenvalue weighted by Gasteiger charge is 2.22. The second-order valence-corrected chi connectivity index (χ2v) is 7.16. The number of para-hydroxylation sites is 1. The van der Waals surface area contributed by atoms with Gasteiger partial charge in [-0.15, -0.1) is 0 Å². The number of carboxylic acid groups (broad SMARTS) is 1. The molecule has 1 saturated heterocycles. The van der Waals surface area contributed by atoms with Crippen molar-refractivity contribution >= 4 is 22.8 Å². The topological polar surface area (TPSA) is 87.9 Å². The van der Waals surface area contributed by atoms with Crippen molar-refractivity contribution in [3.05, 3.63) is 54.0 Å². The Morgan fingerprint density at radius 3 is 2.55 bits per heavy atom. The van der Waals surface area contributed by atoms with Gasteiger partial charge in [0.05, 0.1) is 5.52 Å². The lowest BCUT2D eigenvalue weighted by Crippen LogP contribution is -2.47. The summed E-state index contributed by atoms with van der Waals surface area (Å²) in [5.41, 5.74) is 1.18. The van der Waals surface area contributed by atoms with Gasteiger partial charge in [0.25, 0.3) is 5.91 Å². The van der Waals surface area contributed by atoms with Gasteiger partial charge in [-0.2, -0.15) is 0 Å². The summed E-state index contributed by atoms with van der Waals surface area (Å²) in [6.07, 6.45) is 1.55. The SMILES string of the molecule is CN1CCN(C(=O)c2cc(Oc3cccc4cc(C(=O)O)n(C)c34)ccn2)CC1. The number of hydrogen-bond acceptors (Lipinski definition) is 5. The molecule has 2 aromatic heterocycles. The molecule has 3 heterocycles. The lowest BCUT2D eigenvalue weighted by atomic mass is 10.2. The normalized spacial score (nSPS) is 14.9. The Bertz CT molecular complexity index is 1080. The van der Waals surface area contributed by atoms with Crippen LogP contribution >= 0.6 is 0 Å². The molecule has 1 fully saturated rings. The van der Waals surface area contributed by atoms with Gasteiger partial charge >= 0.3 is 5.97 Å². The number of piperazine rings is 1. The molecule has 4 rings (SSSR count). The number of hydrogen-bond donors (Lipinski definition) is 1. The summed E-state index contributed by atoms with van der Waals surface area (Å²) in [4.78, 5) is 32.4. The number of likely N-dealkylation sites (N-methyl/N-ethyl adjacent to an activating group) is 1. The number of carboxylic acids is 1. The van der Waals surface area contributed by atoms with E-state index < -0.39 is 5.97 Å². The van der Waals surface area contributed by atoms with Gasteiger partial charge < -0.3 is 24.2 Å². The summed E-state index contributed by atoms with van der Waals surface area (Å²) in [6.45, 7) is 3.01. The van der Waals surface area contributed by atoms with Crippen LogP contribution in [-0.4, -0.2) is 69.6 Å². The molecular formula is C21H22N4O4. The number of carbonyl (C=O) groups excluding carboxylic acids is 1. The molecule has 8 nitrogen and oxygen atoms in total. The van der Waals surface area contributed by atoms with Gasteiger partial charge in [-0.05, 0) is 25.2 Å². The standard InChI is InChI=1S/C21H22N4O4/c1-23-8-10-25(11-9-23)20(26)16-13-15(6-7-22-16)29-18-5-3-4-14-12-17(21(27)28)24(2)19(14)18/h3-7,12-13H,8-11H2,1-2H3,(H,27,28). The third-order valence-electron chi connectivity index (χ3n) is 5.21. The van der Waals surface area contributed by atoms with Gasteiger partial charge in [0, 0.05) is 50.9 Å². The Labute approximate surface area is 167 Å². The second kappa shape index (κ2) is 7.56. The molecule has 0 aliphatic carbocycles. The molecule has 150 valence electrons. The zero-order valence-corrected chi connectivity index (χ0v) is 16.3. The van der Waals surface area contributed by atoms with Crippen LogP contribution in [0.3, 0.4) is 0 Å². The molecule has 0 radical (unpaired) electrons. The van der Waals surface area contributed by atoms with E-state index in [1.54, 1.807) is 53.0 Å². The maximum Gasteiger partial charge on any atom is 0.352 e. The molecule has 0 bridgehead atoms. The van der Waals surface area contributed by atoms with Crippen LogP contribution in [0, 0.1) is 0 Å². The first kappa shape index (κ1) is 18.9. The zero-order valence-electron chi connectivity index (χ0n) is 16.3. The number of aryl methyl sites for hydroxylation is 1. The molecule has 1 aliphatic heterocycles. The maximum absolute atomic E-state index is 12.8. The summed E-state index contributed by atoms with van der Waals surface area (Å²) in [5.74, 6) is -0.128. The smallest absolute Gasteiger partial charge is 0.352 e. The molecule has 29 heavy (non-hydrogen) atoms. The van der Waals surface area contributed by atoms with Crippen LogP contribution in [0.25, 0.3) is 10.9 Å². The van der Waals surface area contributed by atoms with Crippen molar-refractivity contribution in [1.82, 2.24) is 19.4 Å². The minimum absolute atomic E-state index is 0.117. The molecule has 1 amide bonds. The molecule has 1 N–H and O–H groups in total. The molecule has 1 aliphatic rings. The number of amides is 1. The molecular weight excluding hydrogens is 372 g/mol. The van der Waals surface area contributed by atoms with Crippen molar-refractivity contribution in [2.24, 2.45) is 7.05 Å². The second-order valence-electron chi connectivity index (χ2n) is 7.16. The average molecular weight is 394 g/mol. The quantitative estimate of drug-likeness (QED) is 0.731. The van der Waals surface area contributed by atoms with E-state index >= 15 is 0 Å². The van der Waals surface area contributed by atoms with Gasteiger partial charge in [0.1, 0.15) is 17.1 Å². The molecule has 0 spiro atoms. The summed E-state index contributed by atoms with van der Waals surface area (Å²) in [5, 5.41) is 10.1. The Kier molecular flexibility index (Phi) is 4.94. The average Bonchev–Trinajstić information content (AvgIpc) is 3.06. The molecule has 0 atom stereocenters. The molecule has 0 saturated carbocycles. The Balaban J connectivity index is 1.62. The highest BCUT2D eigenvalue weighted by atomic mass is 16.5. The fourth-order valence-electron chi connectivity index (χ4n) is 3.56. The molecule has 3 aromatic rings. The number of pyridine rings is 1. The third kappa shape index (κ3) is 3.66. The predicted molar refractivity (Wildman–Crippen MR) is 108 cm³/mol. The fraction of sp³-hybridized carbons (Fsp3) is 0.286. The van der Waals surface area contributed by atoms with Crippen molar-refractivity contribution in [1.29, 1.82) is 0 Å². The first-order valence-electron chi connectivity index (χ1n) is 9.37. The Morgan fingerprint density at radius 2 is 1.83 bits per heavy atom.